The van der Waals surface area contributed by atoms with E-state index in [4.69, 9.17) is 5.11 Å². The molecule has 1 rings (SSSR count). The number of aliphatic hydroxyl groups excluding tert-OH is 1. The standard InChI is InChI=1S/C14H27NO2/c1-3-12(7-10-16)11-15-13(17)14(4-2)8-5-6-9-14/h12,16H,3-11H2,1-2H3,(H,15,17). The summed E-state index contributed by atoms with van der Waals surface area (Å²) in [4.78, 5) is 12.2. The molecule has 0 heterocycles. The molecule has 3 heteroatoms. The van der Waals surface area contributed by atoms with Crippen molar-refractivity contribution < 1.29 is 9.90 Å². The zero-order valence-electron chi connectivity index (χ0n) is 11.3. The largest absolute Gasteiger partial charge is 0.396 e. The Hall–Kier alpha value is -0.570. The Bertz CT molecular complexity index is 234. The lowest BCUT2D eigenvalue weighted by molar-refractivity contribution is -0.131. The monoisotopic (exact) mass is 241 g/mol. The van der Waals surface area contributed by atoms with E-state index in [1.807, 2.05) is 0 Å². The molecule has 0 aromatic heterocycles. The maximum absolute atomic E-state index is 12.2. The van der Waals surface area contributed by atoms with Crippen molar-refractivity contribution in [2.45, 2.75) is 58.8 Å². The van der Waals surface area contributed by atoms with Crippen LogP contribution >= 0.6 is 0 Å². The van der Waals surface area contributed by atoms with Gasteiger partial charge in [-0.1, -0.05) is 33.1 Å². The summed E-state index contributed by atoms with van der Waals surface area (Å²) in [5.74, 6) is 0.660. The molecule has 0 aliphatic heterocycles. The van der Waals surface area contributed by atoms with E-state index in [1.54, 1.807) is 0 Å². The minimum atomic E-state index is -0.0858. The van der Waals surface area contributed by atoms with Crippen molar-refractivity contribution in [3.05, 3.63) is 0 Å². The van der Waals surface area contributed by atoms with Crippen LogP contribution in [0.5, 0.6) is 0 Å². The van der Waals surface area contributed by atoms with Crippen molar-refractivity contribution in [2.24, 2.45) is 11.3 Å². The van der Waals surface area contributed by atoms with Crippen LogP contribution in [0.2, 0.25) is 0 Å². The van der Waals surface area contributed by atoms with E-state index in [-0.39, 0.29) is 17.9 Å². The van der Waals surface area contributed by atoms with Crippen LogP contribution in [0.3, 0.4) is 0 Å². The molecule has 1 amide bonds. The molecular formula is C14H27NO2. The van der Waals surface area contributed by atoms with Gasteiger partial charge in [0.25, 0.3) is 0 Å². The zero-order valence-corrected chi connectivity index (χ0v) is 11.3. The second kappa shape index (κ2) is 7.00. The van der Waals surface area contributed by atoms with E-state index < -0.39 is 0 Å². The molecule has 0 aromatic carbocycles. The summed E-state index contributed by atoms with van der Waals surface area (Å²) in [5.41, 5.74) is -0.0858. The molecule has 100 valence electrons. The predicted molar refractivity (Wildman–Crippen MR) is 69.7 cm³/mol. The Morgan fingerprint density at radius 2 is 2.00 bits per heavy atom. The lowest BCUT2D eigenvalue weighted by atomic mass is 9.82. The Labute approximate surface area is 105 Å². The van der Waals surface area contributed by atoms with E-state index in [1.165, 1.54) is 12.8 Å². The van der Waals surface area contributed by atoms with E-state index >= 15 is 0 Å². The lowest BCUT2D eigenvalue weighted by Crippen LogP contribution is -2.41. The third-order valence-electron chi connectivity index (χ3n) is 4.39. The summed E-state index contributed by atoms with van der Waals surface area (Å²) < 4.78 is 0. The average molecular weight is 241 g/mol. The fourth-order valence-corrected chi connectivity index (χ4v) is 2.85. The van der Waals surface area contributed by atoms with Gasteiger partial charge in [-0.15, -0.1) is 0 Å². The van der Waals surface area contributed by atoms with Gasteiger partial charge in [-0.25, -0.2) is 0 Å². The molecule has 0 aromatic rings. The molecule has 1 fully saturated rings. The molecule has 1 aliphatic carbocycles. The van der Waals surface area contributed by atoms with Crippen LogP contribution < -0.4 is 5.32 Å². The van der Waals surface area contributed by atoms with Gasteiger partial charge >= 0.3 is 0 Å². The van der Waals surface area contributed by atoms with Crippen LogP contribution in [0.25, 0.3) is 0 Å². The quantitative estimate of drug-likeness (QED) is 0.719. The van der Waals surface area contributed by atoms with Crippen LogP contribution in [0, 0.1) is 11.3 Å². The number of hydrogen-bond donors (Lipinski definition) is 2. The summed E-state index contributed by atoms with van der Waals surface area (Å²) in [6.07, 6.45) is 7.23. The first-order chi connectivity index (χ1) is 8.18. The summed E-state index contributed by atoms with van der Waals surface area (Å²) in [5, 5.41) is 12.0. The molecule has 17 heavy (non-hydrogen) atoms. The molecule has 1 atom stereocenters. The third kappa shape index (κ3) is 3.70. The Kier molecular flexibility index (Phi) is 5.96. The summed E-state index contributed by atoms with van der Waals surface area (Å²) in [6, 6.07) is 0. The molecule has 3 nitrogen and oxygen atoms in total. The Morgan fingerprint density at radius 1 is 1.35 bits per heavy atom. The highest BCUT2D eigenvalue weighted by molar-refractivity contribution is 5.82. The van der Waals surface area contributed by atoms with Gasteiger partial charge in [-0.05, 0) is 31.6 Å². The maximum Gasteiger partial charge on any atom is 0.226 e. The summed E-state index contributed by atoms with van der Waals surface area (Å²) >= 11 is 0. The minimum Gasteiger partial charge on any atom is -0.396 e. The first kappa shape index (κ1) is 14.5. The SMILES string of the molecule is CCC(CCO)CNC(=O)C1(CC)CCCC1. The Morgan fingerprint density at radius 3 is 2.47 bits per heavy atom. The highest BCUT2D eigenvalue weighted by Crippen LogP contribution is 2.41. The van der Waals surface area contributed by atoms with E-state index in [9.17, 15) is 4.79 Å². The van der Waals surface area contributed by atoms with E-state index in [2.05, 4.69) is 19.2 Å². The average Bonchev–Trinajstić information content (AvgIpc) is 2.84. The molecule has 0 saturated heterocycles. The molecule has 1 saturated carbocycles. The van der Waals surface area contributed by atoms with Crippen molar-refractivity contribution in [3.8, 4) is 0 Å². The van der Waals surface area contributed by atoms with Crippen LogP contribution in [0.1, 0.15) is 58.8 Å². The van der Waals surface area contributed by atoms with Gasteiger partial charge in [-0.2, -0.15) is 0 Å². The number of carbonyl (C=O) groups excluding carboxylic acids is 1. The second-order valence-electron chi connectivity index (χ2n) is 5.34. The molecule has 2 N–H and O–H groups in total. The molecule has 1 aliphatic rings. The molecule has 0 bridgehead atoms. The van der Waals surface area contributed by atoms with Gasteiger partial charge in [0.1, 0.15) is 0 Å². The zero-order chi connectivity index (χ0) is 12.7. The molecule has 0 radical (unpaired) electrons. The number of hydrogen-bond acceptors (Lipinski definition) is 2. The van der Waals surface area contributed by atoms with Crippen molar-refractivity contribution in [1.29, 1.82) is 0 Å². The van der Waals surface area contributed by atoms with Crippen molar-refractivity contribution >= 4 is 5.91 Å². The second-order valence-corrected chi connectivity index (χ2v) is 5.34. The normalized spacial score (nSPS) is 20.2. The van der Waals surface area contributed by atoms with E-state index in [0.717, 1.165) is 38.6 Å². The molecule has 1 unspecified atom stereocenters. The van der Waals surface area contributed by atoms with Crippen molar-refractivity contribution in [1.82, 2.24) is 5.32 Å². The third-order valence-corrected chi connectivity index (χ3v) is 4.39. The Balaban J connectivity index is 2.42. The van der Waals surface area contributed by atoms with Gasteiger partial charge in [0.15, 0.2) is 0 Å². The first-order valence-electron chi connectivity index (χ1n) is 7.07. The number of rotatable bonds is 7. The summed E-state index contributed by atoms with van der Waals surface area (Å²) in [6.45, 7) is 5.17. The van der Waals surface area contributed by atoms with Gasteiger partial charge < -0.3 is 10.4 Å². The number of amides is 1. The fourth-order valence-electron chi connectivity index (χ4n) is 2.85. The van der Waals surface area contributed by atoms with Gasteiger partial charge in [-0.3, -0.25) is 4.79 Å². The first-order valence-corrected chi connectivity index (χ1v) is 7.07. The topological polar surface area (TPSA) is 49.3 Å². The minimum absolute atomic E-state index is 0.0858. The predicted octanol–water partition coefficient (Wildman–Crippen LogP) is 2.48. The van der Waals surface area contributed by atoms with Crippen molar-refractivity contribution in [2.75, 3.05) is 13.2 Å². The van der Waals surface area contributed by atoms with Crippen LogP contribution in [-0.2, 0) is 4.79 Å². The lowest BCUT2D eigenvalue weighted by Gasteiger charge is -2.27. The molecular weight excluding hydrogens is 214 g/mol. The highest BCUT2D eigenvalue weighted by Gasteiger charge is 2.39. The fraction of sp³-hybridized carbons (Fsp3) is 0.929. The number of carbonyl (C=O) groups is 1. The summed E-state index contributed by atoms with van der Waals surface area (Å²) in [7, 11) is 0. The maximum atomic E-state index is 12.2. The van der Waals surface area contributed by atoms with Gasteiger partial charge in [0, 0.05) is 18.6 Å². The van der Waals surface area contributed by atoms with Crippen LogP contribution in [0.4, 0.5) is 0 Å². The van der Waals surface area contributed by atoms with Crippen LogP contribution in [0.15, 0.2) is 0 Å². The van der Waals surface area contributed by atoms with Gasteiger partial charge in [0.05, 0.1) is 0 Å². The van der Waals surface area contributed by atoms with Crippen molar-refractivity contribution in [3.63, 3.8) is 0 Å². The smallest absolute Gasteiger partial charge is 0.226 e. The number of nitrogens with one attached hydrogen (secondary N) is 1. The van der Waals surface area contributed by atoms with E-state index in [0.29, 0.717) is 5.92 Å². The molecule has 0 spiro atoms. The number of aliphatic hydroxyl groups is 1. The van der Waals surface area contributed by atoms with Gasteiger partial charge in [0.2, 0.25) is 5.91 Å². The van der Waals surface area contributed by atoms with Crippen LogP contribution in [-0.4, -0.2) is 24.2 Å². The highest BCUT2D eigenvalue weighted by atomic mass is 16.3.